The smallest absolute Gasteiger partial charge is 0.360 e. The third-order valence-electron chi connectivity index (χ3n) is 3.92. The lowest BCUT2D eigenvalue weighted by atomic mass is 10.1. The van der Waals surface area contributed by atoms with Gasteiger partial charge >= 0.3 is 5.97 Å². The van der Waals surface area contributed by atoms with Gasteiger partial charge < -0.3 is 14.4 Å². The summed E-state index contributed by atoms with van der Waals surface area (Å²) in [4.78, 5) is 15.9. The molecule has 0 amide bonds. The predicted octanol–water partition coefficient (Wildman–Crippen LogP) is 3.53. The highest BCUT2D eigenvalue weighted by atomic mass is 16.5. The number of aromatic hydroxyl groups is 1. The van der Waals surface area contributed by atoms with Gasteiger partial charge in [-0.25, -0.2) is 9.78 Å². The fourth-order valence-corrected chi connectivity index (χ4v) is 2.69. The van der Waals surface area contributed by atoms with E-state index in [1.807, 2.05) is 29.0 Å². The number of hydrogen-bond acceptors (Lipinski definition) is 4. The van der Waals surface area contributed by atoms with Gasteiger partial charge in [0.25, 0.3) is 0 Å². The van der Waals surface area contributed by atoms with Crippen LogP contribution in [0.1, 0.15) is 35.9 Å². The van der Waals surface area contributed by atoms with E-state index in [1.165, 1.54) is 0 Å². The standard InChI is InChI=1S/C18H18N2O3/c1-3-23-18(22)16-17(21)14-9-10-20(15(14)11-19-16)12(2)13-7-5-4-6-8-13/h4-12,21H,3H2,1-2H3/t12-/m0/s1. The lowest BCUT2D eigenvalue weighted by molar-refractivity contribution is 0.0516. The van der Waals surface area contributed by atoms with E-state index in [2.05, 4.69) is 24.0 Å². The summed E-state index contributed by atoms with van der Waals surface area (Å²) in [6.45, 7) is 4.03. The molecule has 118 valence electrons. The summed E-state index contributed by atoms with van der Waals surface area (Å²) in [6, 6.07) is 11.9. The van der Waals surface area contributed by atoms with Gasteiger partial charge in [0.1, 0.15) is 0 Å². The predicted molar refractivity (Wildman–Crippen MR) is 87.6 cm³/mol. The van der Waals surface area contributed by atoms with Gasteiger partial charge in [-0.1, -0.05) is 30.3 Å². The summed E-state index contributed by atoms with van der Waals surface area (Å²) in [5, 5.41) is 10.9. The van der Waals surface area contributed by atoms with Gasteiger partial charge in [0.2, 0.25) is 0 Å². The average Bonchev–Trinajstić information content (AvgIpc) is 3.00. The monoisotopic (exact) mass is 310 g/mol. The van der Waals surface area contributed by atoms with Gasteiger partial charge in [0, 0.05) is 11.6 Å². The molecular weight excluding hydrogens is 292 g/mol. The number of pyridine rings is 1. The van der Waals surface area contributed by atoms with Gasteiger partial charge in [-0.2, -0.15) is 0 Å². The van der Waals surface area contributed by atoms with Crippen LogP contribution >= 0.6 is 0 Å². The fraction of sp³-hybridized carbons (Fsp3) is 0.222. The van der Waals surface area contributed by atoms with E-state index >= 15 is 0 Å². The molecule has 5 nitrogen and oxygen atoms in total. The fourth-order valence-electron chi connectivity index (χ4n) is 2.69. The van der Waals surface area contributed by atoms with Crippen LogP contribution in [0.5, 0.6) is 5.75 Å². The zero-order chi connectivity index (χ0) is 16.4. The van der Waals surface area contributed by atoms with Gasteiger partial charge in [-0.15, -0.1) is 0 Å². The number of ether oxygens (including phenoxy) is 1. The van der Waals surface area contributed by atoms with Crippen LogP contribution in [-0.4, -0.2) is 27.2 Å². The van der Waals surface area contributed by atoms with Crippen molar-refractivity contribution >= 4 is 16.9 Å². The molecule has 0 saturated heterocycles. The van der Waals surface area contributed by atoms with Crippen LogP contribution in [0.3, 0.4) is 0 Å². The van der Waals surface area contributed by atoms with Crippen LogP contribution in [0.25, 0.3) is 10.9 Å². The molecule has 0 aliphatic carbocycles. The first-order valence-corrected chi connectivity index (χ1v) is 7.54. The maximum Gasteiger partial charge on any atom is 0.360 e. The Bertz CT molecular complexity index is 840. The molecule has 1 aromatic carbocycles. The van der Waals surface area contributed by atoms with Crippen LogP contribution in [0.15, 0.2) is 48.8 Å². The number of rotatable bonds is 4. The van der Waals surface area contributed by atoms with Gasteiger partial charge in [-0.3, -0.25) is 0 Å². The quantitative estimate of drug-likeness (QED) is 0.749. The summed E-state index contributed by atoms with van der Waals surface area (Å²) in [6.07, 6.45) is 3.49. The molecule has 0 bridgehead atoms. The molecule has 2 aromatic heterocycles. The highest BCUT2D eigenvalue weighted by Crippen LogP contribution is 2.31. The largest absolute Gasteiger partial charge is 0.505 e. The lowest BCUT2D eigenvalue weighted by Crippen LogP contribution is -2.08. The zero-order valence-corrected chi connectivity index (χ0v) is 13.1. The van der Waals surface area contributed by atoms with E-state index in [9.17, 15) is 9.90 Å². The molecule has 0 unspecified atom stereocenters. The van der Waals surface area contributed by atoms with Crippen LogP contribution in [0.4, 0.5) is 0 Å². The Morgan fingerprint density at radius 3 is 2.74 bits per heavy atom. The van der Waals surface area contributed by atoms with Crippen molar-refractivity contribution in [2.45, 2.75) is 19.9 Å². The Kier molecular flexibility index (Phi) is 4.02. The zero-order valence-electron chi connectivity index (χ0n) is 13.1. The Labute approximate surface area is 134 Å². The Morgan fingerprint density at radius 1 is 1.30 bits per heavy atom. The molecule has 0 aliphatic rings. The number of carbonyl (C=O) groups excluding carboxylic acids is 1. The molecule has 3 aromatic rings. The molecule has 0 spiro atoms. The van der Waals surface area contributed by atoms with Gasteiger partial charge in [-0.05, 0) is 25.5 Å². The second kappa shape index (κ2) is 6.12. The number of esters is 1. The number of carbonyl (C=O) groups is 1. The number of nitrogens with zero attached hydrogens (tertiary/aromatic N) is 2. The number of aromatic nitrogens is 2. The van der Waals surface area contributed by atoms with Gasteiger partial charge in [0.05, 0.1) is 24.4 Å². The van der Waals surface area contributed by atoms with Crippen molar-refractivity contribution < 1.29 is 14.6 Å². The van der Waals surface area contributed by atoms with Crippen molar-refractivity contribution in [3.63, 3.8) is 0 Å². The summed E-state index contributed by atoms with van der Waals surface area (Å²) >= 11 is 0. The Morgan fingerprint density at radius 2 is 2.04 bits per heavy atom. The molecule has 0 radical (unpaired) electrons. The minimum atomic E-state index is -0.615. The minimum absolute atomic E-state index is 0.0514. The molecule has 1 N–H and O–H groups in total. The summed E-state index contributed by atoms with van der Waals surface area (Å²) in [5.41, 5.74) is 1.87. The number of benzene rings is 1. The SMILES string of the molecule is CCOC(=O)c1ncc2c(ccn2[C@@H](C)c2ccccc2)c1O. The lowest BCUT2D eigenvalue weighted by Gasteiger charge is -2.16. The molecule has 0 aliphatic heterocycles. The van der Waals surface area contributed by atoms with Crippen LogP contribution in [-0.2, 0) is 4.74 Å². The second-order valence-electron chi connectivity index (χ2n) is 5.28. The average molecular weight is 310 g/mol. The maximum absolute atomic E-state index is 11.8. The second-order valence-corrected chi connectivity index (χ2v) is 5.28. The molecular formula is C18H18N2O3. The van der Waals surface area contributed by atoms with Crippen molar-refractivity contribution in [1.29, 1.82) is 0 Å². The third kappa shape index (κ3) is 2.65. The molecule has 0 fully saturated rings. The van der Waals surface area contributed by atoms with E-state index in [0.29, 0.717) is 5.39 Å². The normalized spacial score (nSPS) is 12.3. The van der Waals surface area contributed by atoms with Crippen LogP contribution in [0, 0.1) is 0 Å². The highest BCUT2D eigenvalue weighted by Gasteiger charge is 2.19. The molecule has 5 heteroatoms. The number of fused-ring (bicyclic) bond motifs is 1. The maximum atomic E-state index is 11.8. The van der Waals surface area contributed by atoms with Crippen LogP contribution < -0.4 is 0 Å². The topological polar surface area (TPSA) is 64.3 Å². The highest BCUT2D eigenvalue weighted by molar-refractivity contribution is 5.98. The summed E-state index contributed by atoms with van der Waals surface area (Å²) < 4.78 is 6.93. The molecule has 0 saturated carbocycles. The van der Waals surface area contributed by atoms with Crippen molar-refractivity contribution in [3.05, 3.63) is 60.0 Å². The first-order chi connectivity index (χ1) is 11.1. The van der Waals surface area contributed by atoms with E-state index < -0.39 is 5.97 Å². The van der Waals surface area contributed by atoms with E-state index in [4.69, 9.17) is 4.74 Å². The number of hydrogen-bond donors (Lipinski definition) is 1. The molecule has 2 heterocycles. The van der Waals surface area contributed by atoms with Crippen molar-refractivity contribution in [2.24, 2.45) is 0 Å². The summed E-state index contributed by atoms with van der Waals surface area (Å²) in [7, 11) is 0. The van der Waals surface area contributed by atoms with E-state index in [0.717, 1.165) is 11.1 Å². The minimum Gasteiger partial charge on any atom is -0.505 e. The Balaban J connectivity index is 2.05. The van der Waals surface area contributed by atoms with E-state index in [-0.39, 0.29) is 24.1 Å². The molecule has 23 heavy (non-hydrogen) atoms. The van der Waals surface area contributed by atoms with Crippen LogP contribution in [0.2, 0.25) is 0 Å². The first-order valence-electron chi connectivity index (χ1n) is 7.54. The van der Waals surface area contributed by atoms with Crippen molar-refractivity contribution in [2.75, 3.05) is 6.61 Å². The third-order valence-corrected chi connectivity index (χ3v) is 3.92. The van der Waals surface area contributed by atoms with Crippen molar-refractivity contribution in [1.82, 2.24) is 9.55 Å². The molecule has 1 atom stereocenters. The Hall–Kier alpha value is -2.82. The van der Waals surface area contributed by atoms with Gasteiger partial charge in [0.15, 0.2) is 11.4 Å². The summed E-state index contributed by atoms with van der Waals surface area (Å²) in [5.74, 6) is -0.754. The first kappa shape index (κ1) is 15.1. The van der Waals surface area contributed by atoms with Crippen molar-refractivity contribution in [3.8, 4) is 5.75 Å². The molecule has 3 rings (SSSR count). The van der Waals surface area contributed by atoms with E-state index in [1.54, 1.807) is 19.2 Å².